The molecule has 138 valence electrons. The summed E-state index contributed by atoms with van der Waals surface area (Å²) in [6.45, 7) is 8.33. The predicted octanol–water partition coefficient (Wildman–Crippen LogP) is 2.46. The highest BCUT2D eigenvalue weighted by molar-refractivity contribution is 5.95. The van der Waals surface area contributed by atoms with Gasteiger partial charge in [-0.05, 0) is 44.4 Å². The van der Waals surface area contributed by atoms with E-state index in [1.54, 1.807) is 21.7 Å². The minimum Gasteiger partial charge on any atom is -0.481 e. The van der Waals surface area contributed by atoms with Gasteiger partial charge in [-0.15, -0.1) is 0 Å². The van der Waals surface area contributed by atoms with Crippen LogP contribution in [0.2, 0.25) is 0 Å². The van der Waals surface area contributed by atoms with E-state index in [4.69, 9.17) is 0 Å². The number of aromatic nitrogens is 3. The van der Waals surface area contributed by atoms with E-state index in [0.29, 0.717) is 24.3 Å². The van der Waals surface area contributed by atoms with Crippen LogP contribution < -0.4 is 0 Å². The summed E-state index contributed by atoms with van der Waals surface area (Å²) in [5.74, 6) is -0.401. The topological polar surface area (TPSA) is 88.3 Å². The van der Waals surface area contributed by atoms with Crippen LogP contribution in [-0.2, 0) is 4.79 Å². The average Bonchev–Trinajstić information content (AvgIpc) is 3.19. The normalized spacial score (nSPS) is 20.0. The SMILES string of the molecule is Cc1cc(C)n(-c2ccc(C(=O)N3CCC(C(=O)O)(C(C)C)C3)cn2)n1. The van der Waals surface area contributed by atoms with E-state index in [2.05, 4.69) is 10.1 Å². The number of amides is 1. The third-order valence-corrected chi connectivity index (χ3v) is 5.34. The van der Waals surface area contributed by atoms with Gasteiger partial charge in [0.25, 0.3) is 5.91 Å². The summed E-state index contributed by atoms with van der Waals surface area (Å²) in [5.41, 5.74) is 1.46. The van der Waals surface area contributed by atoms with Crippen LogP contribution in [0.5, 0.6) is 0 Å². The molecule has 26 heavy (non-hydrogen) atoms. The van der Waals surface area contributed by atoms with Crippen molar-refractivity contribution in [3.63, 3.8) is 0 Å². The maximum absolute atomic E-state index is 12.8. The molecule has 1 unspecified atom stereocenters. The highest BCUT2D eigenvalue weighted by atomic mass is 16.4. The van der Waals surface area contributed by atoms with Crippen LogP contribution in [0.1, 0.15) is 42.0 Å². The van der Waals surface area contributed by atoms with E-state index < -0.39 is 11.4 Å². The fraction of sp³-hybridized carbons (Fsp3) is 0.474. The second kappa shape index (κ2) is 6.55. The van der Waals surface area contributed by atoms with E-state index in [-0.39, 0.29) is 18.4 Å². The Bertz CT molecular complexity index is 841. The third-order valence-electron chi connectivity index (χ3n) is 5.34. The highest BCUT2D eigenvalue weighted by Crippen LogP contribution is 2.38. The molecule has 0 aliphatic carbocycles. The second-order valence-electron chi connectivity index (χ2n) is 7.34. The smallest absolute Gasteiger partial charge is 0.311 e. The average molecular weight is 356 g/mol. The number of carbonyl (C=O) groups is 2. The molecule has 2 aromatic rings. The van der Waals surface area contributed by atoms with E-state index in [0.717, 1.165) is 11.4 Å². The van der Waals surface area contributed by atoms with Crippen molar-refractivity contribution in [1.29, 1.82) is 0 Å². The van der Waals surface area contributed by atoms with Crippen LogP contribution in [-0.4, -0.2) is 49.7 Å². The molecule has 7 heteroatoms. The second-order valence-corrected chi connectivity index (χ2v) is 7.34. The number of carboxylic acids is 1. The van der Waals surface area contributed by atoms with Crippen molar-refractivity contribution in [2.45, 2.75) is 34.1 Å². The lowest BCUT2D eigenvalue weighted by Crippen LogP contribution is -2.40. The van der Waals surface area contributed by atoms with Crippen LogP contribution in [0, 0.1) is 25.2 Å². The Morgan fingerprint density at radius 3 is 2.46 bits per heavy atom. The number of pyridine rings is 1. The van der Waals surface area contributed by atoms with Crippen molar-refractivity contribution in [2.75, 3.05) is 13.1 Å². The first-order valence-electron chi connectivity index (χ1n) is 8.77. The molecule has 0 bridgehead atoms. The first kappa shape index (κ1) is 18.1. The van der Waals surface area contributed by atoms with Crippen LogP contribution in [0.15, 0.2) is 24.4 Å². The lowest BCUT2D eigenvalue weighted by molar-refractivity contribution is -0.150. The van der Waals surface area contributed by atoms with E-state index in [1.165, 1.54) is 6.20 Å². The van der Waals surface area contributed by atoms with Crippen LogP contribution in [0.25, 0.3) is 5.82 Å². The van der Waals surface area contributed by atoms with Gasteiger partial charge in [0, 0.05) is 25.0 Å². The number of aryl methyl sites for hydroxylation is 2. The van der Waals surface area contributed by atoms with Crippen LogP contribution >= 0.6 is 0 Å². The molecule has 1 atom stereocenters. The quantitative estimate of drug-likeness (QED) is 0.909. The molecular weight excluding hydrogens is 332 g/mol. The standard InChI is InChI=1S/C19H24N4O3/c1-12(2)19(18(25)26)7-8-22(11-19)17(24)15-5-6-16(20-10-15)23-14(4)9-13(3)21-23/h5-6,9-10,12H,7-8,11H2,1-4H3,(H,25,26). The molecule has 3 heterocycles. The Labute approximate surface area is 152 Å². The van der Waals surface area contributed by atoms with Gasteiger partial charge >= 0.3 is 5.97 Å². The number of carboxylic acid groups (broad SMARTS) is 1. The first-order valence-corrected chi connectivity index (χ1v) is 8.77. The van der Waals surface area contributed by atoms with Crippen molar-refractivity contribution in [3.05, 3.63) is 41.3 Å². The molecule has 1 N–H and O–H groups in total. The molecule has 1 amide bonds. The van der Waals surface area contributed by atoms with Crippen molar-refractivity contribution < 1.29 is 14.7 Å². The van der Waals surface area contributed by atoms with Gasteiger partial charge in [0.15, 0.2) is 5.82 Å². The minimum absolute atomic E-state index is 0.0377. The van der Waals surface area contributed by atoms with Gasteiger partial charge in [-0.3, -0.25) is 9.59 Å². The van der Waals surface area contributed by atoms with Gasteiger partial charge in [-0.2, -0.15) is 5.10 Å². The molecule has 2 aromatic heterocycles. The molecule has 1 saturated heterocycles. The summed E-state index contributed by atoms with van der Waals surface area (Å²) < 4.78 is 1.73. The Morgan fingerprint density at radius 2 is 2.00 bits per heavy atom. The number of nitrogens with zero attached hydrogens (tertiary/aromatic N) is 4. The molecule has 3 rings (SSSR count). The summed E-state index contributed by atoms with van der Waals surface area (Å²) >= 11 is 0. The zero-order chi connectivity index (χ0) is 19.1. The molecule has 1 aliphatic heterocycles. The fourth-order valence-corrected chi connectivity index (χ4v) is 3.58. The molecule has 0 spiro atoms. The zero-order valence-electron chi connectivity index (χ0n) is 15.6. The van der Waals surface area contributed by atoms with Gasteiger partial charge in [0.1, 0.15) is 0 Å². The molecular formula is C19H24N4O3. The molecule has 1 aliphatic rings. The fourth-order valence-electron chi connectivity index (χ4n) is 3.58. The van der Waals surface area contributed by atoms with Gasteiger partial charge in [0.05, 0.1) is 16.7 Å². The highest BCUT2D eigenvalue weighted by Gasteiger charge is 2.48. The summed E-state index contributed by atoms with van der Waals surface area (Å²) in [6, 6.07) is 5.44. The van der Waals surface area contributed by atoms with Gasteiger partial charge in [0.2, 0.25) is 0 Å². The Hall–Kier alpha value is -2.70. The zero-order valence-corrected chi connectivity index (χ0v) is 15.6. The van der Waals surface area contributed by atoms with Crippen LogP contribution in [0.3, 0.4) is 0 Å². The summed E-state index contributed by atoms with van der Waals surface area (Å²) in [5, 5.41) is 14.0. The maximum atomic E-state index is 12.8. The monoisotopic (exact) mass is 356 g/mol. The van der Waals surface area contributed by atoms with Crippen molar-refractivity contribution >= 4 is 11.9 Å². The number of aliphatic carboxylic acids is 1. The Kier molecular flexibility index (Phi) is 4.56. The van der Waals surface area contributed by atoms with Crippen molar-refractivity contribution in [1.82, 2.24) is 19.7 Å². The molecule has 1 fully saturated rings. The predicted molar refractivity (Wildman–Crippen MR) is 96.3 cm³/mol. The van der Waals surface area contributed by atoms with Crippen molar-refractivity contribution in [3.8, 4) is 5.82 Å². The Morgan fingerprint density at radius 1 is 1.27 bits per heavy atom. The summed E-state index contributed by atoms with van der Waals surface area (Å²) in [6.07, 6.45) is 2.01. The number of hydrogen-bond donors (Lipinski definition) is 1. The van der Waals surface area contributed by atoms with E-state index in [9.17, 15) is 14.7 Å². The third kappa shape index (κ3) is 2.98. The summed E-state index contributed by atoms with van der Waals surface area (Å²) in [7, 11) is 0. The molecule has 7 nitrogen and oxygen atoms in total. The van der Waals surface area contributed by atoms with E-state index >= 15 is 0 Å². The van der Waals surface area contributed by atoms with Crippen LogP contribution in [0.4, 0.5) is 0 Å². The van der Waals surface area contributed by atoms with Gasteiger partial charge < -0.3 is 10.0 Å². The summed E-state index contributed by atoms with van der Waals surface area (Å²) in [4.78, 5) is 30.5. The lowest BCUT2D eigenvalue weighted by Gasteiger charge is -2.28. The maximum Gasteiger partial charge on any atom is 0.311 e. The first-order chi connectivity index (χ1) is 12.2. The van der Waals surface area contributed by atoms with Gasteiger partial charge in [-0.25, -0.2) is 9.67 Å². The number of hydrogen-bond acceptors (Lipinski definition) is 4. The number of likely N-dealkylation sites (tertiary alicyclic amines) is 1. The largest absolute Gasteiger partial charge is 0.481 e. The Balaban J connectivity index is 1.79. The molecule has 0 radical (unpaired) electrons. The van der Waals surface area contributed by atoms with Crippen molar-refractivity contribution in [2.24, 2.45) is 11.3 Å². The van der Waals surface area contributed by atoms with E-state index in [1.807, 2.05) is 33.8 Å². The van der Waals surface area contributed by atoms with Gasteiger partial charge in [-0.1, -0.05) is 13.8 Å². The number of carbonyl (C=O) groups excluding carboxylic acids is 1. The lowest BCUT2D eigenvalue weighted by atomic mass is 9.76. The molecule has 0 aromatic carbocycles. The minimum atomic E-state index is -0.868. The molecule has 0 saturated carbocycles. The number of rotatable bonds is 4.